The van der Waals surface area contributed by atoms with Crippen LogP contribution < -0.4 is 5.32 Å². The van der Waals surface area contributed by atoms with Crippen molar-refractivity contribution in [2.75, 3.05) is 6.54 Å². The van der Waals surface area contributed by atoms with Crippen LogP contribution in [-0.4, -0.2) is 6.54 Å². The van der Waals surface area contributed by atoms with Crippen LogP contribution in [0.4, 0.5) is 13.2 Å². The lowest BCUT2D eigenvalue weighted by Crippen LogP contribution is -2.28. The van der Waals surface area contributed by atoms with Gasteiger partial charge < -0.3 is 5.32 Å². The van der Waals surface area contributed by atoms with Gasteiger partial charge in [0.25, 0.3) is 0 Å². The molecule has 1 atom stereocenters. The van der Waals surface area contributed by atoms with Crippen molar-refractivity contribution >= 4 is 0 Å². The summed E-state index contributed by atoms with van der Waals surface area (Å²) in [6.45, 7) is 4.81. The van der Waals surface area contributed by atoms with Gasteiger partial charge in [0, 0.05) is 6.04 Å². The summed E-state index contributed by atoms with van der Waals surface area (Å²) in [6, 6.07) is 4.36. The van der Waals surface area contributed by atoms with E-state index in [-0.39, 0.29) is 6.04 Å². The van der Waals surface area contributed by atoms with Gasteiger partial charge in [-0.15, -0.1) is 0 Å². The van der Waals surface area contributed by atoms with Gasteiger partial charge >= 0.3 is 6.18 Å². The van der Waals surface area contributed by atoms with Crippen LogP contribution in [0.25, 0.3) is 0 Å². The van der Waals surface area contributed by atoms with E-state index in [1.807, 2.05) is 0 Å². The molecule has 0 radical (unpaired) electrons. The van der Waals surface area contributed by atoms with Gasteiger partial charge in [0.2, 0.25) is 0 Å². The van der Waals surface area contributed by atoms with E-state index >= 15 is 0 Å². The zero-order chi connectivity index (χ0) is 15.5. The summed E-state index contributed by atoms with van der Waals surface area (Å²) in [6.07, 6.45) is 1.57. The summed E-state index contributed by atoms with van der Waals surface area (Å²) < 4.78 is 38.4. The maximum absolute atomic E-state index is 12.8. The van der Waals surface area contributed by atoms with Crippen molar-refractivity contribution in [3.63, 3.8) is 0 Å². The van der Waals surface area contributed by atoms with Gasteiger partial charge in [0.1, 0.15) is 0 Å². The van der Waals surface area contributed by atoms with Crippen molar-refractivity contribution in [2.45, 2.75) is 58.2 Å². The minimum absolute atomic E-state index is 0.190. The lowest BCUT2D eigenvalue weighted by atomic mass is 9.88. The van der Waals surface area contributed by atoms with E-state index in [1.54, 1.807) is 13.0 Å². The number of benzene rings is 1. The van der Waals surface area contributed by atoms with E-state index in [9.17, 15) is 13.2 Å². The fourth-order valence-electron chi connectivity index (χ4n) is 3.32. The van der Waals surface area contributed by atoms with Gasteiger partial charge in [-0.3, -0.25) is 0 Å². The highest BCUT2D eigenvalue weighted by atomic mass is 19.4. The van der Waals surface area contributed by atoms with Gasteiger partial charge in [-0.2, -0.15) is 13.2 Å². The molecule has 1 aromatic carbocycles. The number of hydrogen-bond acceptors (Lipinski definition) is 1. The van der Waals surface area contributed by atoms with Crippen LogP contribution in [0.1, 0.15) is 61.8 Å². The highest BCUT2D eigenvalue weighted by molar-refractivity contribution is 5.35. The predicted molar refractivity (Wildman–Crippen MR) is 79.2 cm³/mol. The van der Waals surface area contributed by atoms with E-state index < -0.39 is 11.7 Å². The number of aryl methyl sites for hydroxylation is 1. The second kappa shape index (κ2) is 6.82. The number of nitrogens with one attached hydrogen (secondary N) is 1. The molecule has 2 rings (SSSR count). The average molecular weight is 299 g/mol. The number of hydrogen-bond donors (Lipinski definition) is 1. The molecular formula is C17H24F3N. The summed E-state index contributed by atoms with van der Waals surface area (Å²) in [5.74, 6) is 0.548. The van der Waals surface area contributed by atoms with E-state index in [0.29, 0.717) is 5.92 Å². The Balaban J connectivity index is 2.26. The molecule has 1 saturated carbocycles. The maximum Gasteiger partial charge on any atom is 0.416 e. The van der Waals surface area contributed by atoms with E-state index in [2.05, 4.69) is 12.2 Å². The Morgan fingerprint density at radius 3 is 2.43 bits per heavy atom. The van der Waals surface area contributed by atoms with Crippen molar-refractivity contribution in [2.24, 2.45) is 5.92 Å². The standard InChI is InChI=1S/C17H24F3N/c1-3-10-21-16(13-6-4-5-7-13)15-9-8-14(11-12(15)2)17(18,19)20/h8-9,11,13,16,21H,3-7,10H2,1-2H3. The third-order valence-corrected chi connectivity index (χ3v) is 4.42. The molecule has 0 saturated heterocycles. The Labute approximate surface area is 124 Å². The van der Waals surface area contributed by atoms with Crippen molar-refractivity contribution in [3.05, 3.63) is 34.9 Å². The topological polar surface area (TPSA) is 12.0 Å². The lowest BCUT2D eigenvalue weighted by molar-refractivity contribution is -0.137. The van der Waals surface area contributed by atoms with Crippen molar-refractivity contribution in [3.8, 4) is 0 Å². The zero-order valence-corrected chi connectivity index (χ0v) is 12.8. The van der Waals surface area contributed by atoms with Gasteiger partial charge in [0.15, 0.2) is 0 Å². The Morgan fingerprint density at radius 2 is 1.90 bits per heavy atom. The molecule has 1 unspecified atom stereocenters. The average Bonchev–Trinajstić information content (AvgIpc) is 2.93. The van der Waals surface area contributed by atoms with E-state index in [4.69, 9.17) is 0 Å². The highest BCUT2D eigenvalue weighted by Gasteiger charge is 2.32. The predicted octanol–water partition coefficient (Wildman–Crippen LogP) is 5.24. The first-order chi connectivity index (χ1) is 9.93. The fraction of sp³-hybridized carbons (Fsp3) is 0.647. The first-order valence-corrected chi connectivity index (χ1v) is 7.84. The molecule has 0 amide bonds. The van der Waals surface area contributed by atoms with Gasteiger partial charge in [-0.25, -0.2) is 0 Å². The van der Waals surface area contributed by atoms with Gasteiger partial charge in [-0.05, 0) is 61.9 Å². The smallest absolute Gasteiger partial charge is 0.310 e. The molecule has 1 N–H and O–H groups in total. The van der Waals surface area contributed by atoms with Crippen molar-refractivity contribution < 1.29 is 13.2 Å². The highest BCUT2D eigenvalue weighted by Crippen LogP contribution is 2.38. The van der Waals surface area contributed by atoms with Crippen LogP contribution >= 0.6 is 0 Å². The van der Waals surface area contributed by atoms with Gasteiger partial charge in [-0.1, -0.05) is 25.8 Å². The zero-order valence-electron chi connectivity index (χ0n) is 12.8. The molecule has 4 heteroatoms. The largest absolute Gasteiger partial charge is 0.416 e. The lowest BCUT2D eigenvalue weighted by Gasteiger charge is -2.27. The van der Waals surface area contributed by atoms with E-state index in [1.165, 1.54) is 37.8 Å². The minimum atomic E-state index is -4.26. The Morgan fingerprint density at radius 1 is 1.24 bits per heavy atom. The molecule has 0 aromatic heterocycles. The van der Waals surface area contributed by atoms with Gasteiger partial charge in [0.05, 0.1) is 5.56 Å². The number of rotatable bonds is 5. The molecule has 1 nitrogen and oxygen atoms in total. The molecule has 0 spiro atoms. The summed E-state index contributed by atoms with van der Waals surface area (Å²) >= 11 is 0. The third kappa shape index (κ3) is 4.00. The fourth-order valence-corrected chi connectivity index (χ4v) is 3.32. The number of halogens is 3. The van der Waals surface area contributed by atoms with Crippen LogP contribution in [0, 0.1) is 12.8 Å². The molecule has 118 valence electrons. The minimum Gasteiger partial charge on any atom is -0.310 e. The first kappa shape index (κ1) is 16.3. The van der Waals surface area contributed by atoms with Crippen molar-refractivity contribution in [1.29, 1.82) is 0 Å². The monoisotopic (exact) mass is 299 g/mol. The first-order valence-electron chi connectivity index (χ1n) is 7.84. The molecule has 1 aliphatic carbocycles. The number of alkyl halides is 3. The Hall–Kier alpha value is -1.03. The van der Waals surface area contributed by atoms with Crippen LogP contribution in [-0.2, 0) is 6.18 Å². The SMILES string of the molecule is CCCNC(c1ccc(C(F)(F)F)cc1C)C1CCCC1. The molecule has 0 aliphatic heterocycles. The second-order valence-electron chi connectivity index (χ2n) is 6.05. The van der Waals surface area contributed by atoms with Crippen LogP contribution in [0.2, 0.25) is 0 Å². The summed E-state index contributed by atoms with van der Waals surface area (Å²) in [5, 5.41) is 3.55. The Bertz CT molecular complexity index is 462. The molecule has 0 bridgehead atoms. The summed E-state index contributed by atoms with van der Waals surface area (Å²) in [7, 11) is 0. The third-order valence-electron chi connectivity index (χ3n) is 4.42. The second-order valence-corrected chi connectivity index (χ2v) is 6.05. The van der Waals surface area contributed by atoms with Crippen LogP contribution in [0.5, 0.6) is 0 Å². The summed E-state index contributed by atoms with van der Waals surface area (Å²) in [4.78, 5) is 0. The maximum atomic E-state index is 12.8. The van der Waals surface area contributed by atoms with Crippen LogP contribution in [0.3, 0.4) is 0 Å². The van der Waals surface area contributed by atoms with E-state index in [0.717, 1.165) is 24.1 Å². The molecule has 0 heterocycles. The summed E-state index contributed by atoms with van der Waals surface area (Å²) in [5.41, 5.74) is 1.22. The molecule has 1 aromatic rings. The molecule has 1 aliphatic rings. The molecular weight excluding hydrogens is 275 g/mol. The van der Waals surface area contributed by atoms with Crippen molar-refractivity contribution in [1.82, 2.24) is 5.32 Å². The molecule has 21 heavy (non-hydrogen) atoms. The van der Waals surface area contributed by atoms with Crippen LogP contribution in [0.15, 0.2) is 18.2 Å². The quantitative estimate of drug-likeness (QED) is 0.783. The Kier molecular flexibility index (Phi) is 5.31. The normalized spacial score (nSPS) is 18.1. The molecule has 1 fully saturated rings.